The van der Waals surface area contributed by atoms with Crippen LogP contribution in [-0.4, -0.2) is 11.7 Å². The predicted molar refractivity (Wildman–Crippen MR) is 251 cm³/mol. The SMILES string of the molecule is C1=CC(C2=NC(c3ccccc3)NC(c3cccc4oc5cc(N(c6ccccc6)c6cccc(-c7cccc8c7oc7ccccc78)c6)c6ccccc6c5c34)=N2)=CCC1. The Labute approximate surface area is 352 Å². The lowest BCUT2D eigenvalue weighted by Gasteiger charge is -2.27. The average Bonchev–Trinajstić information content (AvgIpc) is 3.91. The van der Waals surface area contributed by atoms with Crippen LogP contribution in [0.15, 0.2) is 219 Å². The van der Waals surface area contributed by atoms with Crippen LogP contribution < -0.4 is 10.2 Å². The highest BCUT2D eigenvalue weighted by molar-refractivity contribution is 6.28. The van der Waals surface area contributed by atoms with Crippen LogP contribution in [0.5, 0.6) is 0 Å². The largest absolute Gasteiger partial charge is 0.456 e. The molecule has 6 nitrogen and oxygen atoms in total. The number of benzene rings is 8. The Hall–Kier alpha value is -7.96. The zero-order chi connectivity index (χ0) is 40.3. The van der Waals surface area contributed by atoms with Crippen LogP contribution in [0, 0.1) is 0 Å². The maximum absolute atomic E-state index is 6.90. The van der Waals surface area contributed by atoms with Crippen molar-refractivity contribution < 1.29 is 8.83 Å². The van der Waals surface area contributed by atoms with E-state index in [0.29, 0.717) is 0 Å². The van der Waals surface area contributed by atoms with Crippen LogP contribution in [0.3, 0.4) is 0 Å². The molecule has 2 aromatic heterocycles. The summed E-state index contributed by atoms with van der Waals surface area (Å²) in [6, 6.07) is 61.5. The van der Waals surface area contributed by atoms with Crippen LogP contribution >= 0.6 is 0 Å². The highest BCUT2D eigenvalue weighted by atomic mass is 16.3. The fraction of sp³-hybridized carbons (Fsp3) is 0.0545. The van der Waals surface area contributed by atoms with Gasteiger partial charge < -0.3 is 19.1 Å². The molecule has 0 amide bonds. The van der Waals surface area contributed by atoms with Gasteiger partial charge in [0, 0.05) is 61.1 Å². The van der Waals surface area contributed by atoms with E-state index in [-0.39, 0.29) is 6.17 Å². The minimum atomic E-state index is -0.300. The molecule has 3 heterocycles. The molecule has 0 spiro atoms. The average molecular weight is 787 g/mol. The monoisotopic (exact) mass is 786 g/mol. The van der Waals surface area contributed by atoms with Gasteiger partial charge >= 0.3 is 0 Å². The number of furan rings is 2. The third-order valence-corrected chi connectivity index (χ3v) is 11.9. The number of aliphatic imine (C=N–C) groups is 2. The van der Waals surface area contributed by atoms with E-state index in [1.54, 1.807) is 0 Å². The molecule has 0 fully saturated rings. The number of fused-ring (bicyclic) bond motifs is 8. The number of allylic oxidation sites excluding steroid dienone is 2. The lowest BCUT2D eigenvalue weighted by molar-refractivity contribution is 0.668. The number of amidine groups is 2. The van der Waals surface area contributed by atoms with Crippen molar-refractivity contribution in [3.8, 4) is 11.1 Å². The Morgan fingerprint density at radius 2 is 1.25 bits per heavy atom. The number of nitrogens with one attached hydrogen (secondary N) is 1. The molecule has 1 aliphatic carbocycles. The molecule has 0 saturated carbocycles. The quantitative estimate of drug-likeness (QED) is 0.175. The van der Waals surface area contributed by atoms with Crippen LogP contribution in [0.25, 0.3) is 65.8 Å². The van der Waals surface area contributed by atoms with Crippen LogP contribution in [-0.2, 0) is 0 Å². The first-order valence-electron chi connectivity index (χ1n) is 20.8. The highest BCUT2D eigenvalue weighted by Crippen LogP contribution is 2.46. The molecule has 6 heteroatoms. The Bertz CT molecular complexity index is 3460. The molecular weight excluding hydrogens is 749 g/mol. The van der Waals surface area contributed by atoms with Crippen LogP contribution in [0.4, 0.5) is 17.1 Å². The molecule has 61 heavy (non-hydrogen) atoms. The lowest BCUT2D eigenvalue weighted by atomic mass is 9.97. The number of nitrogens with zero attached hydrogens (tertiary/aromatic N) is 3. The van der Waals surface area contributed by atoms with Gasteiger partial charge in [0.1, 0.15) is 34.3 Å². The topological polar surface area (TPSA) is 66.3 Å². The maximum Gasteiger partial charge on any atom is 0.159 e. The van der Waals surface area contributed by atoms with E-state index in [4.69, 9.17) is 18.8 Å². The van der Waals surface area contributed by atoms with Gasteiger partial charge in [-0.05, 0) is 65.8 Å². The van der Waals surface area contributed by atoms with Crippen LogP contribution in [0.1, 0.15) is 30.1 Å². The second-order valence-electron chi connectivity index (χ2n) is 15.6. The molecule has 8 aromatic carbocycles. The maximum atomic E-state index is 6.90. The summed E-state index contributed by atoms with van der Waals surface area (Å²) in [5, 5.41) is 10.2. The number of hydrogen-bond acceptors (Lipinski definition) is 6. The molecule has 2 aliphatic rings. The van der Waals surface area contributed by atoms with E-state index in [1.807, 2.05) is 18.2 Å². The third kappa shape index (κ3) is 5.95. The van der Waals surface area contributed by atoms with E-state index in [9.17, 15) is 0 Å². The molecule has 0 bridgehead atoms. The van der Waals surface area contributed by atoms with Crippen molar-refractivity contribution in [1.29, 1.82) is 0 Å². The van der Waals surface area contributed by atoms with Crippen molar-refractivity contribution in [3.05, 3.63) is 211 Å². The van der Waals surface area contributed by atoms with Gasteiger partial charge in [0.15, 0.2) is 5.84 Å². The van der Waals surface area contributed by atoms with Crippen molar-refractivity contribution in [1.82, 2.24) is 5.32 Å². The van der Waals surface area contributed by atoms with Gasteiger partial charge in [-0.1, -0.05) is 152 Å². The first-order chi connectivity index (χ1) is 30.2. The molecule has 12 rings (SSSR count). The normalized spacial score (nSPS) is 15.3. The van der Waals surface area contributed by atoms with E-state index >= 15 is 0 Å². The van der Waals surface area contributed by atoms with Gasteiger partial charge in [-0.25, -0.2) is 9.98 Å². The van der Waals surface area contributed by atoms with Gasteiger partial charge in [0.25, 0.3) is 0 Å². The Morgan fingerprint density at radius 3 is 2.10 bits per heavy atom. The minimum absolute atomic E-state index is 0.300. The molecular formula is C55H38N4O2. The Kier molecular flexibility index (Phi) is 8.27. The number of para-hydroxylation sites is 3. The van der Waals surface area contributed by atoms with E-state index in [2.05, 4.69) is 186 Å². The summed E-state index contributed by atoms with van der Waals surface area (Å²) in [6.45, 7) is 0. The molecule has 1 unspecified atom stereocenters. The number of hydrogen-bond donors (Lipinski definition) is 1. The second kappa shape index (κ2) is 14.4. The minimum Gasteiger partial charge on any atom is -0.456 e. The van der Waals surface area contributed by atoms with Crippen LogP contribution in [0.2, 0.25) is 0 Å². The lowest BCUT2D eigenvalue weighted by Crippen LogP contribution is -2.33. The Morgan fingerprint density at radius 1 is 0.541 bits per heavy atom. The summed E-state index contributed by atoms with van der Waals surface area (Å²) in [4.78, 5) is 12.7. The van der Waals surface area contributed by atoms with Gasteiger partial charge in [0.05, 0.1) is 5.69 Å². The summed E-state index contributed by atoms with van der Waals surface area (Å²) in [5.41, 5.74) is 11.6. The second-order valence-corrected chi connectivity index (χ2v) is 15.6. The van der Waals surface area contributed by atoms with Crippen molar-refractivity contribution >= 4 is 83.4 Å². The standard InChI is InChI=1S/C55H38N4O2/c1-4-17-35(18-5-1)53-56-54(36-19-6-2-7-20-36)58-55(57-53)45-30-16-32-48-51(45)50-43-27-11-10-25-41(43)46(34-49(50)60-48)59(38-22-8-3-9-23-38)39-24-14-21-37(33-39)40-28-15-29-44-42-26-12-13-31-47(42)61-52(40)44/h1,3-6,8-34,53H,2,7H2,(H,56,57,58). The summed E-state index contributed by atoms with van der Waals surface area (Å²) in [7, 11) is 0. The van der Waals surface area contributed by atoms with Gasteiger partial charge in [-0.3, -0.25) is 0 Å². The summed E-state index contributed by atoms with van der Waals surface area (Å²) < 4.78 is 13.4. The molecule has 10 aromatic rings. The van der Waals surface area contributed by atoms with E-state index in [1.165, 1.54) is 0 Å². The summed E-state index contributed by atoms with van der Waals surface area (Å²) in [5.74, 6) is 1.50. The van der Waals surface area contributed by atoms with Crippen molar-refractivity contribution in [2.45, 2.75) is 19.0 Å². The fourth-order valence-electron chi connectivity index (χ4n) is 9.14. The van der Waals surface area contributed by atoms with Crippen molar-refractivity contribution in [3.63, 3.8) is 0 Å². The first kappa shape index (κ1) is 35.0. The van der Waals surface area contributed by atoms with E-state index in [0.717, 1.165) is 124 Å². The smallest absolute Gasteiger partial charge is 0.159 e. The van der Waals surface area contributed by atoms with E-state index < -0.39 is 0 Å². The summed E-state index contributed by atoms with van der Waals surface area (Å²) in [6.07, 6.45) is 8.28. The third-order valence-electron chi connectivity index (χ3n) is 11.9. The zero-order valence-corrected chi connectivity index (χ0v) is 33.1. The fourth-order valence-corrected chi connectivity index (χ4v) is 9.14. The molecule has 290 valence electrons. The predicted octanol–water partition coefficient (Wildman–Crippen LogP) is 14.5. The molecule has 1 N–H and O–H groups in total. The zero-order valence-electron chi connectivity index (χ0n) is 33.1. The number of rotatable bonds is 7. The Balaban J connectivity index is 1.05. The van der Waals surface area contributed by atoms with Gasteiger partial charge in [0.2, 0.25) is 0 Å². The molecule has 0 saturated heterocycles. The molecule has 1 atom stereocenters. The highest BCUT2D eigenvalue weighted by Gasteiger charge is 2.27. The molecule has 0 radical (unpaired) electrons. The van der Waals surface area contributed by atoms with Gasteiger partial charge in [-0.15, -0.1) is 0 Å². The van der Waals surface area contributed by atoms with Gasteiger partial charge in [-0.2, -0.15) is 0 Å². The number of anilines is 3. The first-order valence-corrected chi connectivity index (χ1v) is 20.8. The van der Waals surface area contributed by atoms with Crippen molar-refractivity contribution in [2.24, 2.45) is 9.98 Å². The summed E-state index contributed by atoms with van der Waals surface area (Å²) >= 11 is 0. The molecule has 1 aliphatic heterocycles. The van der Waals surface area contributed by atoms with Crippen molar-refractivity contribution in [2.75, 3.05) is 4.90 Å².